The number of pyridine rings is 1. The van der Waals surface area contributed by atoms with E-state index < -0.39 is 30.2 Å². The molecule has 0 saturated carbocycles. The maximum absolute atomic E-state index is 11.1. The normalized spacial score (nSPS) is 12.9. The van der Waals surface area contributed by atoms with Crippen LogP contribution >= 0.6 is 0 Å². The molecule has 1 amide bonds. The van der Waals surface area contributed by atoms with Crippen LogP contribution in [0.25, 0.3) is 11.3 Å². The summed E-state index contributed by atoms with van der Waals surface area (Å²) in [6, 6.07) is 11.0. The van der Waals surface area contributed by atoms with Crippen LogP contribution in [0.15, 0.2) is 36.4 Å². The highest BCUT2D eigenvalue weighted by Gasteiger charge is 2.38. The molecule has 15 heteroatoms. The van der Waals surface area contributed by atoms with Gasteiger partial charge in [-0.25, -0.2) is 14.6 Å². The predicted octanol–water partition coefficient (Wildman–Crippen LogP) is 2.60. The van der Waals surface area contributed by atoms with Gasteiger partial charge in [0, 0.05) is 29.8 Å². The summed E-state index contributed by atoms with van der Waals surface area (Å²) in [4.78, 5) is 33.4. The number of amides is 1. The highest BCUT2D eigenvalue weighted by atomic mass is 19.4. The molecule has 0 atom stereocenters. The number of nitrogens with two attached hydrogens (primary N) is 1. The molecule has 1 aliphatic rings. The number of benzene rings is 1. The lowest BCUT2D eigenvalue weighted by Crippen LogP contribution is -2.21. The van der Waals surface area contributed by atoms with Crippen molar-refractivity contribution >= 4 is 17.8 Å². The van der Waals surface area contributed by atoms with Crippen molar-refractivity contribution in [1.29, 1.82) is 0 Å². The Morgan fingerprint density at radius 3 is 1.85 bits per heavy atom. The van der Waals surface area contributed by atoms with Crippen molar-refractivity contribution in [3.05, 3.63) is 47.5 Å². The van der Waals surface area contributed by atoms with Gasteiger partial charge in [0.1, 0.15) is 6.61 Å². The van der Waals surface area contributed by atoms with Crippen LogP contribution in [0.5, 0.6) is 5.88 Å². The van der Waals surface area contributed by atoms with Crippen LogP contribution in [0, 0.1) is 0 Å². The minimum Gasteiger partial charge on any atom is -0.476 e. The van der Waals surface area contributed by atoms with E-state index in [0.717, 1.165) is 29.9 Å². The lowest BCUT2D eigenvalue weighted by atomic mass is 10.1. The molecule has 5 N–H and O–H groups in total. The number of carbonyl (C=O) groups excluding carboxylic acids is 1. The van der Waals surface area contributed by atoms with Gasteiger partial charge in [0.05, 0.1) is 5.69 Å². The number of nitrogens with zero attached hydrogens (tertiary/aromatic N) is 1. The number of rotatable bonds is 2. The van der Waals surface area contributed by atoms with Crippen LogP contribution in [0.3, 0.4) is 0 Å². The Kier molecular flexibility index (Phi) is 9.79. The molecule has 0 saturated heterocycles. The lowest BCUT2D eigenvalue weighted by molar-refractivity contribution is -0.193. The zero-order valence-electron chi connectivity index (χ0n) is 16.9. The van der Waals surface area contributed by atoms with Crippen molar-refractivity contribution in [3.8, 4) is 17.1 Å². The summed E-state index contributed by atoms with van der Waals surface area (Å²) in [5.74, 6) is -5.27. The molecule has 186 valence electrons. The second-order valence-electron chi connectivity index (χ2n) is 6.23. The van der Waals surface area contributed by atoms with Crippen molar-refractivity contribution < 1.29 is 55.7 Å². The van der Waals surface area contributed by atoms with Crippen LogP contribution in [-0.2, 0) is 16.1 Å². The fourth-order valence-electron chi connectivity index (χ4n) is 2.14. The van der Waals surface area contributed by atoms with Gasteiger partial charge < -0.3 is 26.0 Å². The average molecular weight is 497 g/mol. The number of carboxylic acids is 2. The molecule has 1 aromatic heterocycles. The van der Waals surface area contributed by atoms with Crippen molar-refractivity contribution in [2.75, 3.05) is 13.2 Å². The monoisotopic (exact) mass is 497 g/mol. The summed E-state index contributed by atoms with van der Waals surface area (Å²) in [7, 11) is 0. The van der Waals surface area contributed by atoms with E-state index in [4.69, 9.17) is 30.3 Å². The van der Waals surface area contributed by atoms with Gasteiger partial charge in [-0.2, -0.15) is 26.3 Å². The molecule has 0 bridgehead atoms. The van der Waals surface area contributed by atoms with E-state index in [9.17, 15) is 31.1 Å². The van der Waals surface area contributed by atoms with Gasteiger partial charge in [-0.1, -0.05) is 18.2 Å². The third-order valence-electron chi connectivity index (χ3n) is 3.72. The molecule has 0 unspecified atom stereocenters. The number of alkyl halides is 6. The fraction of sp³-hybridized carbons (Fsp3) is 0.263. The Bertz CT molecular complexity index is 985. The average Bonchev–Trinajstić information content (AvgIpc) is 2.98. The van der Waals surface area contributed by atoms with Crippen LogP contribution in [0.2, 0.25) is 0 Å². The molecule has 1 aliphatic heterocycles. The first-order chi connectivity index (χ1) is 15.6. The Hall–Kier alpha value is -3.88. The van der Waals surface area contributed by atoms with Gasteiger partial charge in [0.2, 0.25) is 11.8 Å². The SMILES string of the molecule is NC(=O)c1ccc(-c2ccc3c(n2)OCCNC3)cc1.O=C(O)C(F)(F)F.O=C(O)C(F)(F)F. The van der Waals surface area contributed by atoms with Gasteiger partial charge in [-0.3, -0.25) is 4.79 Å². The maximum atomic E-state index is 11.1. The quantitative estimate of drug-likeness (QED) is 0.462. The molecule has 0 radical (unpaired) electrons. The summed E-state index contributed by atoms with van der Waals surface area (Å²) in [6.45, 7) is 2.20. The molecule has 9 nitrogen and oxygen atoms in total. The van der Waals surface area contributed by atoms with E-state index in [2.05, 4.69) is 10.3 Å². The van der Waals surface area contributed by atoms with Crippen molar-refractivity contribution in [3.63, 3.8) is 0 Å². The molecular weight excluding hydrogens is 480 g/mol. The largest absolute Gasteiger partial charge is 0.490 e. The number of hydrogen-bond acceptors (Lipinski definition) is 6. The van der Waals surface area contributed by atoms with Gasteiger partial charge in [0.25, 0.3) is 0 Å². The number of ether oxygens (including phenoxy) is 1. The minimum absolute atomic E-state index is 0.430. The molecule has 34 heavy (non-hydrogen) atoms. The molecule has 3 rings (SSSR count). The lowest BCUT2D eigenvalue weighted by Gasteiger charge is -2.08. The summed E-state index contributed by atoms with van der Waals surface area (Å²) < 4.78 is 69.1. The number of carbonyl (C=O) groups is 3. The molecule has 0 spiro atoms. The van der Waals surface area contributed by atoms with E-state index in [1.165, 1.54) is 0 Å². The van der Waals surface area contributed by atoms with Gasteiger partial charge in [-0.15, -0.1) is 0 Å². The first-order valence-corrected chi connectivity index (χ1v) is 8.96. The summed E-state index contributed by atoms with van der Waals surface area (Å²) >= 11 is 0. The van der Waals surface area contributed by atoms with E-state index in [1.54, 1.807) is 12.1 Å². The van der Waals surface area contributed by atoms with E-state index in [1.807, 2.05) is 24.3 Å². The van der Waals surface area contributed by atoms with Gasteiger partial charge >= 0.3 is 24.3 Å². The predicted molar refractivity (Wildman–Crippen MR) is 103 cm³/mol. The zero-order valence-corrected chi connectivity index (χ0v) is 16.9. The maximum Gasteiger partial charge on any atom is 0.490 e. The van der Waals surface area contributed by atoms with E-state index >= 15 is 0 Å². The summed E-state index contributed by atoms with van der Waals surface area (Å²) in [5.41, 5.74) is 8.53. The van der Waals surface area contributed by atoms with Crippen molar-refractivity contribution in [2.45, 2.75) is 18.9 Å². The third kappa shape index (κ3) is 9.32. The number of hydrogen-bond donors (Lipinski definition) is 4. The topological polar surface area (TPSA) is 152 Å². The highest BCUT2D eigenvalue weighted by Crippen LogP contribution is 2.24. The van der Waals surface area contributed by atoms with Crippen molar-refractivity contribution in [2.24, 2.45) is 5.73 Å². The Balaban J connectivity index is 0.000000343. The number of primary amides is 1. The van der Waals surface area contributed by atoms with Crippen LogP contribution in [0.1, 0.15) is 15.9 Å². The summed E-state index contributed by atoms with van der Waals surface area (Å²) in [5, 5.41) is 17.5. The Labute approximate surface area is 187 Å². The van der Waals surface area contributed by atoms with E-state index in [-0.39, 0.29) is 0 Å². The number of aliphatic carboxylic acids is 2. The number of fused-ring (bicyclic) bond motifs is 1. The van der Waals surface area contributed by atoms with Crippen LogP contribution in [0.4, 0.5) is 26.3 Å². The Morgan fingerprint density at radius 2 is 1.41 bits per heavy atom. The first kappa shape index (κ1) is 28.2. The number of carboxylic acid groups (broad SMARTS) is 2. The Morgan fingerprint density at radius 1 is 0.912 bits per heavy atom. The number of halogens is 6. The van der Waals surface area contributed by atoms with Gasteiger partial charge in [-0.05, 0) is 18.2 Å². The molecular formula is C19H17F6N3O6. The van der Waals surface area contributed by atoms with Crippen molar-refractivity contribution in [1.82, 2.24) is 10.3 Å². The zero-order chi connectivity index (χ0) is 26.1. The first-order valence-electron chi connectivity index (χ1n) is 8.96. The number of aromatic nitrogens is 1. The number of nitrogens with one attached hydrogen (secondary N) is 1. The van der Waals surface area contributed by atoms with Gasteiger partial charge in [0.15, 0.2) is 0 Å². The molecule has 0 fully saturated rings. The molecule has 0 aliphatic carbocycles. The summed E-state index contributed by atoms with van der Waals surface area (Å²) in [6.07, 6.45) is -10.2. The standard InChI is InChI=1S/C15H15N3O2.2C2HF3O2/c16-14(19)11-3-1-10(2-4-11)13-6-5-12-9-17-7-8-20-15(12)18-13;2*3-2(4,5)1(6)7/h1-6,17H,7-9H2,(H2,16,19);2*(H,6,7). The molecule has 1 aromatic carbocycles. The van der Waals surface area contributed by atoms with E-state index in [0.29, 0.717) is 18.1 Å². The fourth-order valence-corrected chi connectivity index (χ4v) is 2.14. The third-order valence-corrected chi connectivity index (χ3v) is 3.72. The highest BCUT2D eigenvalue weighted by molar-refractivity contribution is 5.93. The van der Waals surface area contributed by atoms with Crippen LogP contribution in [-0.4, -0.2) is 58.5 Å². The minimum atomic E-state index is -5.08. The van der Waals surface area contributed by atoms with Crippen LogP contribution < -0.4 is 15.8 Å². The second-order valence-corrected chi connectivity index (χ2v) is 6.23. The second kappa shape index (κ2) is 11.8. The molecule has 2 heterocycles. The molecule has 2 aromatic rings. The smallest absolute Gasteiger partial charge is 0.476 e.